The first-order valence-corrected chi connectivity index (χ1v) is 10.7. The topological polar surface area (TPSA) is 73.1 Å². The van der Waals surface area contributed by atoms with Gasteiger partial charge in [-0.1, -0.05) is 24.3 Å². The van der Waals surface area contributed by atoms with Crippen molar-refractivity contribution in [3.8, 4) is 6.07 Å². The smallest absolute Gasteiger partial charge is 0.226 e. The van der Waals surface area contributed by atoms with Crippen molar-refractivity contribution in [3.05, 3.63) is 89.5 Å². The molecule has 2 heterocycles. The molecule has 162 valence electrons. The summed E-state index contributed by atoms with van der Waals surface area (Å²) in [5, 5.41) is 9.03. The predicted octanol–water partition coefficient (Wildman–Crippen LogP) is 3.93. The van der Waals surface area contributed by atoms with Gasteiger partial charge in [0, 0.05) is 44.5 Å². The van der Waals surface area contributed by atoms with Gasteiger partial charge in [0.25, 0.3) is 0 Å². The van der Waals surface area contributed by atoms with Gasteiger partial charge in [0.1, 0.15) is 5.82 Å². The fourth-order valence-corrected chi connectivity index (χ4v) is 4.01. The third kappa shape index (κ3) is 5.27. The molecule has 0 bridgehead atoms. The highest BCUT2D eigenvalue weighted by Crippen LogP contribution is 2.24. The first-order chi connectivity index (χ1) is 15.6. The summed E-state index contributed by atoms with van der Waals surface area (Å²) in [4.78, 5) is 26.0. The first kappa shape index (κ1) is 21.4. The molecule has 1 amide bonds. The van der Waals surface area contributed by atoms with E-state index < -0.39 is 0 Å². The van der Waals surface area contributed by atoms with Crippen LogP contribution >= 0.6 is 0 Å². The second-order valence-corrected chi connectivity index (χ2v) is 7.94. The molecular weight excluding hydrogens is 405 g/mol. The third-order valence-electron chi connectivity index (χ3n) is 5.71. The minimum atomic E-state index is -0.315. The van der Waals surface area contributed by atoms with Gasteiger partial charge in [0.05, 0.1) is 11.6 Å². The number of rotatable bonds is 6. The Balaban J connectivity index is 1.48. The predicted molar refractivity (Wildman–Crippen MR) is 119 cm³/mol. The second kappa shape index (κ2) is 10.0. The van der Waals surface area contributed by atoms with Gasteiger partial charge in [-0.25, -0.2) is 14.4 Å². The summed E-state index contributed by atoms with van der Waals surface area (Å²) < 4.78 is 13.7. The van der Waals surface area contributed by atoms with Crippen LogP contribution in [0, 0.1) is 23.1 Å². The molecule has 0 radical (unpaired) electrons. The van der Waals surface area contributed by atoms with E-state index in [1.165, 1.54) is 12.1 Å². The minimum absolute atomic E-state index is 0.0623. The number of aromatic nitrogens is 2. The Labute approximate surface area is 187 Å². The lowest BCUT2D eigenvalue weighted by atomic mass is 9.95. The van der Waals surface area contributed by atoms with E-state index in [9.17, 15) is 9.18 Å². The summed E-state index contributed by atoms with van der Waals surface area (Å²) in [6.45, 7) is 2.16. The van der Waals surface area contributed by atoms with Gasteiger partial charge in [0.15, 0.2) is 0 Å². The summed E-state index contributed by atoms with van der Waals surface area (Å²) in [5.74, 6) is 0.325. The minimum Gasteiger partial charge on any atom is -0.341 e. The molecule has 0 aliphatic carbocycles. The van der Waals surface area contributed by atoms with E-state index in [0.717, 1.165) is 11.1 Å². The number of halogens is 1. The van der Waals surface area contributed by atoms with Crippen molar-refractivity contribution in [2.24, 2.45) is 5.92 Å². The standard InChI is InChI=1S/C25H24FN5O/c26-23-4-1-3-21(15-23)18-31(17-20-7-5-19(16-27)6-8-20)24(32)22-9-13-30(14-10-22)25-28-11-2-12-29-25/h1-8,11-12,15,22H,9-10,13-14,17-18H2. The summed E-state index contributed by atoms with van der Waals surface area (Å²) in [5.41, 5.74) is 2.26. The number of hydrogen-bond donors (Lipinski definition) is 0. The van der Waals surface area contributed by atoms with E-state index in [4.69, 9.17) is 5.26 Å². The van der Waals surface area contributed by atoms with Crippen molar-refractivity contribution >= 4 is 11.9 Å². The van der Waals surface area contributed by atoms with Crippen molar-refractivity contribution in [1.29, 1.82) is 5.26 Å². The number of anilines is 1. The van der Waals surface area contributed by atoms with Crippen LogP contribution in [0.5, 0.6) is 0 Å². The molecule has 4 rings (SSSR count). The molecule has 6 nitrogen and oxygen atoms in total. The number of carbonyl (C=O) groups excluding carboxylic acids is 1. The van der Waals surface area contributed by atoms with Gasteiger partial charge in [-0.3, -0.25) is 4.79 Å². The monoisotopic (exact) mass is 429 g/mol. The van der Waals surface area contributed by atoms with E-state index in [2.05, 4.69) is 20.9 Å². The van der Waals surface area contributed by atoms with Gasteiger partial charge in [0.2, 0.25) is 11.9 Å². The fraction of sp³-hybridized carbons (Fsp3) is 0.280. The largest absolute Gasteiger partial charge is 0.341 e. The number of nitriles is 1. The molecule has 0 N–H and O–H groups in total. The van der Waals surface area contributed by atoms with E-state index in [-0.39, 0.29) is 17.6 Å². The number of piperidine rings is 1. The Morgan fingerprint density at radius 3 is 2.38 bits per heavy atom. The number of benzene rings is 2. The summed E-state index contributed by atoms with van der Waals surface area (Å²) in [6, 6.07) is 17.5. The lowest BCUT2D eigenvalue weighted by molar-refractivity contribution is -0.137. The van der Waals surface area contributed by atoms with Crippen LogP contribution in [-0.4, -0.2) is 33.9 Å². The van der Waals surface area contributed by atoms with Crippen molar-refractivity contribution in [1.82, 2.24) is 14.9 Å². The first-order valence-electron chi connectivity index (χ1n) is 10.7. The van der Waals surface area contributed by atoms with Gasteiger partial charge >= 0.3 is 0 Å². The zero-order valence-corrected chi connectivity index (χ0v) is 17.7. The molecule has 7 heteroatoms. The number of hydrogen-bond acceptors (Lipinski definition) is 5. The average molecular weight is 429 g/mol. The van der Waals surface area contributed by atoms with E-state index in [1.807, 2.05) is 18.2 Å². The molecule has 0 saturated carbocycles. The van der Waals surface area contributed by atoms with Gasteiger partial charge in [-0.05, 0) is 54.3 Å². The number of carbonyl (C=O) groups is 1. The maximum absolute atomic E-state index is 13.7. The van der Waals surface area contributed by atoms with E-state index in [0.29, 0.717) is 50.5 Å². The molecule has 1 aromatic heterocycles. The Morgan fingerprint density at radius 1 is 1.03 bits per heavy atom. The lowest BCUT2D eigenvalue weighted by Gasteiger charge is -2.34. The Morgan fingerprint density at radius 2 is 1.72 bits per heavy atom. The van der Waals surface area contributed by atoms with E-state index in [1.54, 1.807) is 41.6 Å². The van der Waals surface area contributed by atoms with Gasteiger partial charge in [-0.15, -0.1) is 0 Å². The molecule has 2 aromatic carbocycles. The highest BCUT2D eigenvalue weighted by atomic mass is 19.1. The normalized spacial score (nSPS) is 14.1. The maximum atomic E-state index is 13.7. The molecule has 32 heavy (non-hydrogen) atoms. The second-order valence-electron chi connectivity index (χ2n) is 7.94. The van der Waals surface area contributed by atoms with Crippen LogP contribution in [0.1, 0.15) is 29.5 Å². The Hall–Kier alpha value is -3.79. The summed E-state index contributed by atoms with van der Waals surface area (Å²) >= 11 is 0. The highest BCUT2D eigenvalue weighted by molar-refractivity contribution is 5.79. The zero-order chi connectivity index (χ0) is 22.3. The molecule has 0 atom stereocenters. The highest BCUT2D eigenvalue weighted by Gasteiger charge is 2.29. The number of nitrogens with zero attached hydrogens (tertiary/aromatic N) is 5. The lowest BCUT2D eigenvalue weighted by Crippen LogP contribution is -2.42. The summed E-state index contributed by atoms with van der Waals surface area (Å²) in [6.07, 6.45) is 4.87. The van der Waals surface area contributed by atoms with Crippen molar-refractivity contribution < 1.29 is 9.18 Å². The van der Waals surface area contributed by atoms with Crippen LogP contribution in [0.15, 0.2) is 67.0 Å². The van der Waals surface area contributed by atoms with Gasteiger partial charge in [-0.2, -0.15) is 5.26 Å². The van der Waals surface area contributed by atoms with Gasteiger partial charge < -0.3 is 9.80 Å². The average Bonchev–Trinajstić information content (AvgIpc) is 2.84. The molecule has 3 aromatic rings. The van der Waals surface area contributed by atoms with Crippen LogP contribution < -0.4 is 4.90 Å². The van der Waals surface area contributed by atoms with Crippen LogP contribution in [0.25, 0.3) is 0 Å². The third-order valence-corrected chi connectivity index (χ3v) is 5.71. The SMILES string of the molecule is N#Cc1ccc(CN(Cc2cccc(F)c2)C(=O)C2CCN(c3ncccn3)CC2)cc1. The van der Waals surface area contributed by atoms with Crippen molar-refractivity contribution in [2.75, 3.05) is 18.0 Å². The van der Waals surface area contributed by atoms with Crippen LogP contribution in [0.3, 0.4) is 0 Å². The molecule has 0 unspecified atom stereocenters. The summed E-state index contributed by atoms with van der Waals surface area (Å²) in [7, 11) is 0. The van der Waals surface area contributed by atoms with E-state index >= 15 is 0 Å². The molecule has 0 spiro atoms. The molecule has 1 aliphatic rings. The Kier molecular flexibility index (Phi) is 6.71. The fourth-order valence-electron chi connectivity index (χ4n) is 4.01. The van der Waals surface area contributed by atoms with Crippen molar-refractivity contribution in [2.45, 2.75) is 25.9 Å². The molecule has 1 aliphatic heterocycles. The Bertz CT molecular complexity index is 1090. The quantitative estimate of drug-likeness (QED) is 0.594. The maximum Gasteiger partial charge on any atom is 0.226 e. The van der Waals surface area contributed by atoms with Crippen molar-refractivity contribution in [3.63, 3.8) is 0 Å². The van der Waals surface area contributed by atoms with Crippen LogP contribution in [0.4, 0.5) is 10.3 Å². The zero-order valence-electron chi connectivity index (χ0n) is 17.7. The molecule has 1 fully saturated rings. The van der Waals surface area contributed by atoms with Crippen LogP contribution in [0.2, 0.25) is 0 Å². The molecule has 1 saturated heterocycles. The number of amides is 1. The molecular formula is C25H24FN5O. The van der Waals surface area contributed by atoms with Crippen LogP contribution in [-0.2, 0) is 17.9 Å².